The minimum atomic E-state index is -1.22. The van der Waals surface area contributed by atoms with Gasteiger partial charge in [-0.1, -0.05) is 6.07 Å². The first-order chi connectivity index (χ1) is 9.97. The van der Waals surface area contributed by atoms with Crippen molar-refractivity contribution in [2.45, 2.75) is 0 Å². The summed E-state index contributed by atoms with van der Waals surface area (Å²) in [5.74, 6) is -1.80. The zero-order valence-electron chi connectivity index (χ0n) is 10.5. The number of carbonyl (C=O) groups is 2. The molecule has 21 heavy (non-hydrogen) atoms. The Morgan fingerprint density at radius 2 is 2.00 bits per heavy atom. The summed E-state index contributed by atoms with van der Waals surface area (Å²) in [5, 5.41) is 21.9. The number of anilines is 1. The Bertz CT molecular complexity index is 729. The number of hydrogen-bond donors (Lipinski definition) is 2. The molecule has 0 saturated heterocycles. The number of carbonyl (C=O) groups excluding carboxylic acids is 1. The molecule has 0 unspecified atom stereocenters. The molecule has 0 aliphatic heterocycles. The van der Waals surface area contributed by atoms with Gasteiger partial charge in [-0.05, 0) is 18.2 Å². The Balaban J connectivity index is 2.22. The van der Waals surface area contributed by atoms with E-state index >= 15 is 0 Å². The minimum Gasteiger partial charge on any atom is -0.477 e. The fraction of sp³-hybridized carbons (Fsp3) is 0. The number of hydrogen-bond acceptors (Lipinski definition) is 5. The first kappa shape index (κ1) is 14.1. The summed E-state index contributed by atoms with van der Waals surface area (Å²) in [7, 11) is 0. The largest absolute Gasteiger partial charge is 0.477 e. The number of aromatic carboxylic acids is 1. The number of aromatic nitrogens is 1. The van der Waals surface area contributed by atoms with Gasteiger partial charge in [0.1, 0.15) is 5.69 Å². The van der Waals surface area contributed by atoms with E-state index in [0.29, 0.717) is 0 Å². The van der Waals surface area contributed by atoms with Gasteiger partial charge in [0.05, 0.1) is 4.92 Å². The Morgan fingerprint density at radius 1 is 1.24 bits per heavy atom. The van der Waals surface area contributed by atoms with Crippen molar-refractivity contribution >= 4 is 23.3 Å². The van der Waals surface area contributed by atoms with Crippen LogP contribution in [-0.4, -0.2) is 26.9 Å². The molecule has 1 aromatic carbocycles. The van der Waals surface area contributed by atoms with Crippen LogP contribution >= 0.6 is 0 Å². The van der Waals surface area contributed by atoms with Crippen LogP contribution in [0.1, 0.15) is 20.8 Å². The number of benzene rings is 1. The lowest BCUT2D eigenvalue weighted by Gasteiger charge is -2.05. The number of nitrogens with zero attached hydrogens (tertiary/aromatic N) is 2. The summed E-state index contributed by atoms with van der Waals surface area (Å²) < 4.78 is 0. The van der Waals surface area contributed by atoms with Crippen molar-refractivity contribution in [1.82, 2.24) is 4.98 Å². The molecule has 0 aliphatic rings. The SMILES string of the molecule is O=C(Nc1ccnc(C(=O)O)c1)c1cccc([N+](=O)[O-])c1. The molecule has 1 heterocycles. The predicted octanol–water partition coefficient (Wildman–Crippen LogP) is 1.94. The minimum absolute atomic E-state index is 0.0953. The number of pyridine rings is 1. The maximum atomic E-state index is 12.0. The van der Waals surface area contributed by atoms with Crippen LogP contribution in [0.5, 0.6) is 0 Å². The number of rotatable bonds is 4. The number of amides is 1. The van der Waals surface area contributed by atoms with E-state index in [-0.39, 0.29) is 22.6 Å². The van der Waals surface area contributed by atoms with Gasteiger partial charge in [0, 0.05) is 29.6 Å². The van der Waals surface area contributed by atoms with Crippen LogP contribution in [0.25, 0.3) is 0 Å². The van der Waals surface area contributed by atoms with E-state index < -0.39 is 16.8 Å². The molecule has 1 aromatic heterocycles. The molecule has 0 radical (unpaired) electrons. The molecule has 8 heteroatoms. The molecule has 8 nitrogen and oxygen atoms in total. The molecule has 0 saturated carbocycles. The van der Waals surface area contributed by atoms with Gasteiger partial charge in [0.2, 0.25) is 0 Å². The quantitative estimate of drug-likeness (QED) is 0.654. The first-order valence-corrected chi connectivity index (χ1v) is 5.72. The van der Waals surface area contributed by atoms with E-state index in [1.54, 1.807) is 0 Å². The Kier molecular flexibility index (Phi) is 3.89. The van der Waals surface area contributed by atoms with Crippen molar-refractivity contribution in [2.24, 2.45) is 0 Å². The summed E-state index contributed by atoms with van der Waals surface area (Å²) in [5.41, 5.74) is -0.0905. The number of nitro benzene ring substituents is 1. The normalized spacial score (nSPS) is 9.90. The van der Waals surface area contributed by atoms with Gasteiger partial charge in [-0.2, -0.15) is 0 Å². The van der Waals surface area contributed by atoms with Crippen LogP contribution in [0.2, 0.25) is 0 Å². The summed E-state index contributed by atoms with van der Waals surface area (Å²) in [6, 6.07) is 7.82. The Hall–Kier alpha value is -3.29. The number of carboxylic acids is 1. The van der Waals surface area contributed by atoms with Gasteiger partial charge in [-0.15, -0.1) is 0 Å². The van der Waals surface area contributed by atoms with Gasteiger partial charge in [-0.25, -0.2) is 9.78 Å². The van der Waals surface area contributed by atoms with Crippen LogP contribution in [-0.2, 0) is 0 Å². The van der Waals surface area contributed by atoms with Crippen LogP contribution in [0.3, 0.4) is 0 Å². The van der Waals surface area contributed by atoms with Crippen molar-refractivity contribution < 1.29 is 19.6 Å². The standard InChI is InChI=1S/C13H9N3O5/c17-12(8-2-1-3-10(6-8)16(20)21)15-9-4-5-14-11(7-9)13(18)19/h1-7H,(H,18,19)(H,14,15,17). The number of non-ortho nitro benzene ring substituents is 1. The monoisotopic (exact) mass is 287 g/mol. The third-order valence-corrected chi connectivity index (χ3v) is 2.56. The zero-order valence-corrected chi connectivity index (χ0v) is 10.5. The van der Waals surface area contributed by atoms with Gasteiger partial charge in [0.25, 0.3) is 11.6 Å². The smallest absolute Gasteiger partial charge is 0.354 e. The maximum Gasteiger partial charge on any atom is 0.354 e. The third-order valence-electron chi connectivity index (χ3n) is 2.56. The molecule has 0 atom stereocenters. The lowest BCUT2D eigenvalue weighted by Crippen LogP contribution is -2.13. The summed E-state index contributed by atoms with van der Waals surface area (Å²) in [6.07, 6.45) is 1.24. The Morgan fingerprint density at radius 3 is 2.67 bits per heavy atom. The summed E-state index contributed by atoms with van der Waals surface area (Å²) >= 11 is 0. The van der Waals surface area contributed by atoms with Crippen molar-refractivity contribution in [3.05, 3.63) is 64.0 Å². The van der Waals surface area contributed by atoms with Crippen molar-refractivity contribution in [3.63, 3.8) is 0 Å². The lowest BCUT2D eigenvalue weighted by molar-refractivity contribution is -0.384. The van der Waals surface area contributed by atoms with Crippen molar-refractivity contribution in [1.29, 1.82) is 0 Å². The molecular formula is C13H9N3O5. The van der Waals surface area contributed by atoms with Gasteiger partial charge < -0.3 is 10.4 Å². The second kappa shape index (κ2) is 5.78. The summed E-state index contributed by atoms with van der Waals surface area (Å²) in [6.45, 7) is 0. The number of nitrogens with one attached hydrogen (secondary N) is 1. The van der Waals surface area contributed by atoms with Crippen molar-refractivity contribution in [2.75, 3.05) is 5.32 Å². The van der Waals surface area contributed by atoms with Gasteiger partial charge >= 0.3 is 5.97 Å². The maximum absolute atomic E-state index is 12.0. The molecule has 1 amide bonds. The Labute approximate surface area is 118 Å². The van der Waals surface area contributed by atoms with E-state index in [1.807, 2.05) is 0 Å². The fourth-order valence-corrected chi connectivity index (χ4v) is 1.59. The zero-order chi connectivity index (χ0) is 15.4. The molecule has 2 rings (SSSR count). The lowest BCUT2D eigenvalue weighted by atomic mass is 10.2. The molecule has 106 valence electrons. The molecule has 0 spiro atoms. The van der Waals surface area contributed by atoms with Crippen molar-refractivity contribution in [3.8, 4) is 0 Å². The average Bonchev–Trinajstić information content (AvgIpc) is 2.47. The first-order valence-electron chi connectivity index (χ1n) is 5.72. The highest BCUT2D eigenvalue weighted by molar-refractivity contribution is 6.05. The molecule has 2 N–H and O–H groups in total. The van der Waals surface area contributed by atoms with Gasteiger partial charge in [0.15, 0.2) is 0 Å². The van der Waals surface area contributed by atoms with E-state index in [9.17, 15) is 19.7 Å². The second-order valence-electron chi connectivity index (χ2n) is 4.00. The summed E-state index contributed by atoms with van der Waals surface area (Å²) in [4.78, 5) is 36.4. The third kappa shape index (κ3) is 3.38. The highest BCUT2D eigenvalue weighted by Crippen LogP contribution is 2.15. The fourth-order valence-electron chi connectivity index (χ4n) is 1.59. The average molecular weight is 287 g/mol. The van der Waals surface area contributed by atoms with Crippen LogP contribution in [0.4, 0.5) is 11.4 Å². The second-order valence-corrected chi connectivity index (χ2v) is 4.00. The van der Waals surface area contributed by atoms with E-state index in [2.05, 4.69) is 10.3 Å². The van der Waals surface area contributed by atoms with E-state index in [0.717, 1.165) is 6.07 Å². The topological polar surface area (TPSA) is 122 Å². The number of carboxylic acid groups (broad SMARTS) is 1. The van der Waals surface area contributed by atoms with Crippen LogP contribution in [0, 0.1) is 10.1 Å². The molecular weight excluding hydrogens is 278 g/mol. The number of nitro groups is 1. The molecule has 2 aromatic rings. The molecule has 0 fully saturated rings. The van der Waals surface area contributed by atoms with Crippen LogP contribution in [0.15, 0.2) is 42.6 Å². The van der Waals surface area contributed by atoms with E-state index in [1.165, 1.54) is 36.5 Å². The highest BCUT2D eigenvalue weighted by atomic mass is 16.6. The van der Waals surface area contributed by atoms with Gasteiger partial charge in [-0.3, -0.25) is 14.9 Å². The highest BCUT2D eigenvalue weighted by Gasteiger charge is 2.12. The molecule has 0 bridgehead atoms. The predicted molar refractivity (Wildman–Crippen MR) is 72.2 cm³/mol. The van der Waals surface area contributed by atoms with E-state index in [4.69, 9.17) is 5.11 Å². The molecule has 0 aliphatic carbocycles. The van der Waals surface area contributed by atoms with Crippen LogP contribution < -0.4 is 5.32 Å².